The first-order valence-corrected chi connectivity index (χ1v) is 9.19. The van der Waals surface area contributed by atoms with Crippen molar-refractivity contribution >= 4 is 37.8 Å². The second kappa shape index (κ2) is 7.20. The molecule has 0 aliphatic carbocycles. The Morgan fingerprint density at radius 3 is 2.70 bits per heavy atom. The van der Waals surface area contributed by atoms with E-state index in [1.807, 2.05) is 52.9 Å². The number of benzene rings is 1. The lowest BCUT2D eigenvalue weighted by Gasteiger charge is -2.33. The molecule has 1 aromatic carbocycles. The summed E-state index contributed by atoms with van der Waals surface area (Å²) in [6, 6.07) is 9.95. The zero-order valence-corrected chi connectivity index (χ0v) is 16.0. The van der Waals surface area contributed by atoms with Crippen molar-refractivity contribution in [2.24, 2.45) is 0 Å². The molecule has 6 heteroatoms. The van der Waals surface area contributed by atoms with E-state index in [1.54, 1.807) is 0 Å². The predicted octanol–water partition coefficient (Wildman–Crippen LogP) is 4.25. The van der Waals surface area contributed by atoms with Crippen molar-refractivity contribution in [3.05, 3.63) is 56.7 Å². The van der Waals surface area contributed by atoms with E-state index in [9.17, 15) is 4.79 Å². The van der Waals surface area contributed by atoms with Crippen molar-refractivity contribution in [1.82, 2.24) is 9.47 Å². The summed E-state index contributed by atoms with van der Waals surface area (Å²) in [6.07, 6.45) is 1.87. The van der Waals surface area contributed by atoms with Crippen LogP contribution in [0.25, 0.3) is 0 Å². The summed E-state index contributed by atoms with van der Waals surface area (Å²) < 4.78 is 9.79. The van der Waals surface area contributed by atoms with Gasteiger partial charge in [-0.15, -0.1) is 0 Å². The van der Waals surface area contributed by atoms with Gasteiger partial charge in [-0.2, -0.15) is 0 Å². The van der Waals surface area contributed by atoms with Gasteiger partial charge in [0, 0.05) is 28.2 Å². The maximum Gasteiger partial charge on any atom is 0.270 e. The fraction of sp³-hybridized carbons (Fsp3) is 0.353. The van der Waals surface area contributed by atoms with Crippen LogP contribution in [-0.2, 0) is 11.3 Å². The third-order valence-corrected chi connectivity index (χ3v) is 4.98. The number of ether oxygens (including phenoxy) is 1. The highest BCUT2D eigenvalue weighted by molar-refractivity contribution is 9.10. The van der Waals surface area contributed by atoms with Crippen LogP contribution < -0.4 is 0 Å². The molecule has 2 heterocycles. The molecule has 23 heavy (non-hydrogen) atoms. The molecular weight excluding hydrogens is 424 g/mol. The van der Waals surface area contributed by atoms with Gasteiger partial charge in [-0.05, 0) is 46.6 Å². The van der Waals surface area contributed by atoms with Crippen LogP contribution in [0.1, 0.15) is 29.1 Å². The van der Waals surface area contributed by atoms with Gasteiger partial charge in [0.25, 0.3) is 5.91 Å². The Bertz CT molecular complexity index is 697. The van der Waals surface area contributed by atoms with Gasteiger partial charge in [0.15, 0.2) is 0 Å². The van der Waals surface area contributed by atoms with E-state index < -0.39 is 0 Å². The molecule has 2 aromatic rings. The lowest BCUT2D eigenvalue weighted by molar-refractivity contribution is -0.0231. The quantitative estimate of drug-likeness (QED) is 0.713. The van der Waals surface area contributed by atoms with Crippen LogP contribution in [0, 0.1) is 0 Å². The van der Waals surface area contributed by atoms with Gasteiger partial charge in [0.2, 0.25) is 0 Å². The zero-order valence-electron chi connectivity index (χ0n) is 12.8. The predicted molar refractivity (Wildman–Crippen MR) is 96.5 cm³/mol. The summed E-state index contributed by atoms with van der Waals surface area (Å²) in [5.41, 5.74) is 1.81. The summed E-state index contributed by atoms with van der Waals surface area (Å²) in [6.45, 7) is 4.56. The first-order valence-electron chi connectivity index (χ1n) is 7.60. The molecule has 1 unspecified atom stereocenters. The SMILES string of the molecule is CCn1cc(Br)cc1C(=O)N1CCOC(c2ccc(Br)cc2)C1. The van der Waals surface area contributed by atoms with Crippen LogP contribution >= 0.6 is 31.9 Å². The third kappa shape index (κ3) is 3.70. The number of nitrogens with zero attached hydrogens (tertiary/aromatic N) is 2. The number of carbonyl (C=O) groups is 1. The van der Waals surface area contributed by atoms with Crippen molar-refractivity contribution in [2.75, 3.05) is 19.7 Å². The Morgan fingerprint density at radius 2 is 2.00 bits per heavy atom. The Balaban J connectivity index is 1.77. The fourth-order valence-corrected chi connectivity index (χ4v) is 3.52. The highest BCUT2D eigenvalue weighted by Crippen LogP contribution is 2.25. The average molecular weight is 442 g/mol. The van der Waals surface area contributed by atoms with E-state index in [1.165, 1.54) is 0 Å². The Morgan fingerprint density at radius 1 is 1.26 bits per heavy atom. The number of amides is 1. The van der Waals surface area contributed by atoms with Crippen molar-refractivity contribution in [2.45, 2.75) is 19.6 Å². The summed E-state index contributed by atoms with van der Waals surface area (Å²) in [5, 5.41) is 0. The van der Waals surface area contributed by atoms with E-state index in [0.717, 1.165) is 26.7 Å². The highest BCUT2D eigenvalue weighted by atomic mass is 79.9. The van der Waals surface area contributed by atoms with Crippen LogP contribution in [0.2, 0.25) is 0 Å². The second-order valence-corrected chi connectivity index (χ2v) is 7.32. The molecule has 1 atom stereocenters. The van der Waals surface area contributed by atoms with Crippen molar-refractivity contribution in [3.8, 4) is 0 Å². The first-order chi connectivity index (χ1) is 11.1. The van der Waals surface area contributed by atoms with Gasteiger partial charge in [-0.25, -0.2) is 0 Å². The van der Waals surface area contributed by atoms with Crippen molar-refractivity contribution < 1.29 is 9.53 Å². The molecule has 1 aromatic heterocycles. The molecule has 122 valence electrons. The van der Waals surface area contributed by atoms with Gasteiger partial charge < -0.3 is 14.2 Å². The van der Waals surface area contributed by atoms with Crippen molar-refractivity contribution in [1.29, 1.82) is 0 Å². The van der Waals surface area contributed by atoms with Gasteiger partial charge in [-0.3, -0.25) is 4.79 Å². The molecule has 0 bridgehead atoms. The monoisotopic (exact) mass is 440 g/mol. The molecule has 1 fully saturated rings. The van der Waals surface area contributed by atoms with Crippen LogP contribution in [0.4, 0.5) is 0 Å². The molecule has 1 saturated heterocycles. The van der Waals surface area contributed by atoms with Crippen LogP contribution in [0.3, 0.4) is 0 Å². The topological polar surface area (TPSA) is 34.5 Å². The van der Waals surface area contributed by atoms with E-state index in [2.05, 4.69) is 31.9 Å². The molecule has 0 N–H and O–H groups in total. The average Bonchev–Trinajstić information content (AvgIpc) is 2.96. The Kier molecular flexibility index (Phi) is 5.24. The van der Waals surface area contributed by atoms with Gasteiger partial charge in [0.05, 0.1) is 13.2 Å². The largest absolute Gasteiger partial charge is 0.370 e. The van der Waals surface area contributed by atoms with Crippen LogP contribution in [-0.4, -0.2) is 35.1 Å². The maximum absolute atomic E-state index is 12.8. The summed E-state index contributed by atoms with van der Waals surface area (Å²) >= 11 is 6.89. The first kappa shape index (κ1) is 16.7. The Hall–Kier alpha value is -1.11. The fourth-order valence-electron chi connectivity index (χ4n) is 2.79. The molecule has 0 radical (unpaired) electrons. The second-order valence-electron chi connectivity index (χ2n) is 5.49. The maximum atomic E-state index is 12.8. The zero-order chi connectivity index (χ0) is 16.4. The van der Waals surface area contributed by atoms with E-state index in [-0.39, 0.29) is 12.0 Å². The molecule has 1 amide bonds. The number of aromatic nitrogens is 1. The summed E-state index contributed by atoms with van der Waals surface area (Å²) in [4.78, 5) is 14.7. The molecule has 4 nitrogen and oxygen atoms in total. The molecule has 0 spiro atoms. The number of hydrogen-bond donors (Lipinski definition) is 0. The van der Waals surface area contributed by atoms with Gasteiger partial charge in [-0.1, -0.05) is 28.1 Å². The number of morpholine rings is 1. The minimum atomic E-state index is -0.0747. The molecular formula is C17H18Br2N2O2. The number of aryl methyl sites for hydroxylation is 1. The lowest BCUT2D eigenvalue weighted by atomic mass is 10.1. The van der Waals surface area contributed by atoms with E-state index in [4.69, 9.17) is 4.74 Å². The standard InChI is InChI=1S/C17H18Br2N2O2/c1-2-20-10-14(19)9-15(20)17(22)21-7-8-23-16(11-21)12-3-5-13(18)6-4-12/h3-6,9-10,16H,2,7-8,11H2,1H3. The number of hydrogen-bond acceptors (Lipinski definition) is 2. The van der Waals surface area contributed by atoms with E-state index in [0.29, 0.717) is 19.7 Å². The number of rotatable bonds is 3. The van der Waals surface area contributed by atoms with Crippen LogP contribution in [0.5, 0.6) is 0 Å². The number of halogens is 2. The lowest BCUT2D eigenvalue weighted by Crippen LogP contribution is -2.42. The van der Waals surface area contributed by atoms with Gasteiger partial charge in [0.1, 0.15) is 11.8 Å². The summed E-state index contributed by atoms with van der Waals surface area (Å²) in [7, 11) is 0. The normalized spacial score (nSPS) is 18.2. The van der Waals surface area contributed by atoms with Gasteiger partial charge >= 0.3 is 0 Å². The minimum absolute atomic E-state index is 0.0583. The minimum Gasteiger partial charge on any atom is -0.370 e. The summed E-state index contributed by atoms with van der Waals surface area (Å²) in [5.74, 6) is 0.0583. The molecule has 1 aliphatic rings. The highest BCUT2D eigenvalue weighted by Gasteiger charge is 2.27. The Labute approximate surface area is 152 Å². The molecule has 3 rings (SSSR count). The number of carbonyl (C=O) groups excluding carboxylic acids is 1. The van der Waals surface area contributed by atoms with Crippen molar-refractivity contribution in [3.63, 3.8) is 0 Å². The van der Waals surface area contributed by atoms with E-state index >= 15 is 0 Å². The third-order valence-electron chi connectivity index (χ3n) is 4.02. The smallest absolute Gasteiger partial charge is 0.270 e. The van der Waals surface area contributed by atoms with Crippen LogP contribution in [0.15, 0.2) is 45.5 Å². The molecule has 0 saturated carbocycles. The molecule has 1 aliphatic heterocycles.